The molecule has 0 aromatic heterocycles. The van der Waals surface area contributed by atoms with Crippen molar-refractivity contribution in [1.82, 2.24) is 0 Å². The number of carbonyl (C=O) groups excluding carboxylic acids is 2. The third-order valence-corrected chi connectivity index (χ3v) is 6.22. The number of methoxy groups -OCH3 is 1. The van der Waals surface area contributed by atoms with E-state index in [1.807, 2.05) is 0 Å². The van der Waals surface area contributed by atoms with Gasteiger partial charge in [0.05, 0.1) is 34.9 Å². The summed E-state index contributed by atoms with van der Waals surface area (Å²) in [6, 6.07) is 12.3. The Morgan fingerprint density at radius 3 is 2.36 bits per heavy atom. The number of rotatable bonds is 4. The summed E-state index contributed by atoms with van der Waals surface area (Å²) < 4.78 is 45.6. The molecule has 1 heterocycles. The van der Waals surface area contributed by atoms with Crippen LogP contribution in [0.4, 0.5) is 18.9 Å². The van der Waals surface area contributed by atoms with Crippen LogP contribution in [-0.2, 0) is 15.8 Å². The van der Waals surface area contributed by atoms with Crippen molar-refractivity contribution in [3.05, 3.63) is 98.5 Å². The molecule has 1 aliphatic heterocycles. The standard InChI is InChI=1S/C26H18Cl2F3NO4/c1-13-5-3-6-14(9-13)21-20(22(33)18-11-16(27)12-19(28)24(18)36-2)23(34)25(35)32(21)17-8-4-7-15(10-17)26(29,30)31/h3-12,21,33H,1-2H3/b22-20+. The number of anilines is 1. The number of aryl methyl sites for hydroxylation is 1. The molecule has 0 spiro atoms. The van der Waals surface area contributed by atoms with E-state index in [2.05, 4.69) is 0 Å². The number of aliphatic hydroxyl groups excluding tert-OH is 1. The fraction of sp³-hybridized carbons (Fsp3) is 0.154. The fourth-order valence-corrected chi connectivity index (χ4v) is 4.75. The van der Waals surface area contributed by atoms with Crippen molar-refractivity contribution >= 4 is 46.3 Å². The molecule has 1 amide bonds. The Hall–Kier alpha value is -3.49. The van der Waals surface area contributed by atoms with Crippen LogP contribution in [0.1, 0.15) is 28.3 Å². The molecule has 1 fully saturated rings. The molecule has 0 bridgehead atoms. The van der Waals surface area contributed by atoms with Crippen LogP contribution in [0.2, 0.25) is 10.0 Å². The number of Topliss-reactive ketones (excluding diaryl/α,β-unsaturated/α-hetero) is 1. The van der Waals surface area contributed by atoms with Crippen LogP contribution < -0.4 is 9.64 Å². The van der Waals surface area contributed by atoms with E-state index in [-0.39, 0.29) is 32.6 Å². The van der Waals surface area contributed by atoms with Crippen LogP contribution in [0.3, 0.4) is 0 Å². The zero-order chi connectivity index (χ0) is 26.4. The number of hydrogen-bond acceptors (Lipinski definition) is 4. The highest BCUT2D eigenvalue weighted by Crippen LogP contribution is 2.45. The Kier molecular flexibility index (Phi) is 6.77. The lowest BCUT2D eigenvalue weighted by atomic mass is 9.94. The van der Waals surface area contributed by atoms with Gasteiger partial charge in [0.2, 0.25) is 0 Å². The maximum Gasteiger partial charge on any atom is 0.416 e. The Bertz CT molecular complexity index is 1420. The highest BCUT2D eigenvalue weighted by atomic mass is 35.5. The monoisotopic (exact) mass is 535 g/mol. The average Bonchev–Trinajstić information content (AvgIpc) is 3.08. The Morgan fingerprint density at radius 2 is 1.72 bits per heavy atom. The van der Waals surface area contributed by atoms with Gasteiger partial charge in [0.1, 0.15) is 11.5 Å². The average molecular weight is 536 g/mol. The van der Waals surface area contributed by atoms with Gasteiger partial charge in [0.15, 0.2) is 0 Å². The number of hydrogen-bond donors (Lipinski definition) is 1. The summed E-state index contributed by atoms with van der Waals surface area (Å²) in [4.78, 5) is 27.5. The van der Waals surface area contributed by atoms with Crippen LogP contribution in [-0.4, -0.2) is 23.9 Å². The number of nitrogens with zero attached hydrogens (tertiary/aromatic N) is 1. The molecule has 0 aliphatic carbocycles. The molecule has 1 aliphatic rings. The minimum absolute atomic E-state index is 0.00632. The quantitative estimate of drug-likeness (QED) is 0.223. The zero-order valence-corrected chi connectivity index (χ0v) is 20.4. The molecule has 5 nitrogen and oxygen atoms in total. The Balaban J connectivity index is 2.02. The van der Waals surface area contributed by atoms with E-state index in [1.165, 1.54) is 25.3 Å². The molecule has 0 radical (unpaired) electrons. The number of halogens is 5. The number of alkyl halides is 3. The number of carbonyl (C=O) groups is 2. The van der Waals surface area contributed by atoms with Gasteiger partial charge < -0.3 is 9.84 Å². The molecule has 10 heteroatoms. The summed E-state index contributed by atoms with van der Waals surface area (Å²) in [5, 5.41) is 11.5. The van der Waals surface area contributed by atoms with E-state index in [0.29, 0.717) is 5.56 Å². The molecule has 1 saturated heterocycles. The summed E-state index contributed by atoms with van der Waals surface area (Å²) in [6.07, 6.45) is -4.67. The number of ketones is 1. The van der Waals surface area contributed by atoms with E-state index < -0.39 is 35.2 Å². The normalized spacial score (nSPS) is 17.5. The van der Waals surface area contributed by atoms with Gasteiger partial charge in [-0.1, -0.05) is 59.1 Å². The van der Waals surface area contributed by atoms with Crippen LogP contribution >= 0.6 is 23.2 Å². The van der Waals surface area contributed by atoms with Gasteiger partial charge in [-0.05, 0) is 42.8 Å². The molecule has 1 N–H and O–H groups in total. The first kappa shape index (κ1) is 25.6. The molecule has 1 atom stereocenters. The number of aliphatic hydroxyl groups is 1. The molecular formula is C26H18Cl2F3NO4. The lowest BCUT2D eigenvalue weighted by Crippen LogP contribution is -2.29. The van der Waals surface area contributed by atoms with Crippen molar-refractivity contribution in [1.29, 1.82) is 0 Å². The smallest absolute Gasteiger partial charge is 0.416 e. The highest BCUT2D eigenvalue weighted by molar-refractivity contribution is 6.52. The van der Waals surface area contributed by atoms with Crippen molar-refractivity contribution in [3.8, 4) is 5.75 Å². The number of amides is 1. The van der Waals surface area contributed by atoms with Gasteiger partial charge in [-0.3, -0.25) is 14.5 Å². The first-order valence-electron chi connectivity index (χ1n) is 10.5. The van der Waals surface area contributed by atoms with Crippen molar-refractivity contribution in [3.63, 3.8) is 0 Å². The van der Waals surface area contributed by atoms with Crippen LogP contribution in [0, 0.1) is 6.92 Å². The summed E-state index contributed by atoms with van der Waals surface area (Å²) in [5.74, 6) is -2.81. The minimum atomic E-state index is -4.67. The molecule has 186 valence electrons. The molecule has 1 unspecified atom stereocenters. The van der Waals surface area contributed by atoms with Crippen molar-refractivity contribution in [2.75, 3.05) is 12.0 Å². The molecule has 3 aromatic rings. The van der Waals surface area contributed by atoms with Gasteiger partial charge >= 0.3 is 6.18 Å². The lowest BCUT2D eigenvalue weighted by Gasteiger charge is -2.26. The van der Waals surface area contributed by atoms with Crippen molar-refractivity contribution < 1.29 is 32.6 Å². The fourth-order valence-electron chi connectivity index (χ4n) is 4.18. The van der Waals surface area contributed by atoms with E-state index in [9.17, 15) is 27.9 Å². The van der Waals surface area contributed by atoms with E-state index in [1.54, 1.807) is 31.2 Å². The van der Waals surface area contributed by atoms with Gasteiger partial charge in [-0.15, -0.1) is 0 Å². The first-order chi connectivity index (χ1) is 16.9. The lowest BCUT2D eigenvalue weighted by molar-refractivity contribution is -0.137. The second kappa shape index (κ2) is 9.52. The Morgan fingerprint density at radius 1 is 1.03 bits per heavy atom. The van der Waals surface area contributed by atoms with Gasteiger partial charge in [0.25, 0.3) is 11.7 Å². The van der Waals surface area contributed by atoms with Gasteiger partial charge in [0, 0.05) is 10.7 Å². The zero-order valence-electron chi connectivity index (χ0n) is 18.9. The van der Waals surface area contributed by atoms with E-state index in [4.69, 9.17) is 27.9 Å². The van der Waals surface area contributed by atoms with E-state index in [0.717, 1.165) is 28.7 Å². The molecule has 0 saturated carbocycles. The number of ether oxygens (including phenoxy) is 1. The molecular weight excluding hydrogens is 518 g/mol. The van der Waals surface area contributed by atoms with E-state index >= 15 is 0 Å². The maximum absolute atomic E-state index is 13.4. The second-order valence-electron chi connectivity index (χ2n) is 8.10. The summed E-state index contributed by atoms with van der Waals surface area (Å²) >= 11 is 12.3. The van der Waals surface area contributed by atoms with Crippen LogP contribution in [0.5, 0.6) is 5.75 Å². The predicted molar refractivity (Wildman–Crippen MR) is 130 cm³/mol. The summed E-state index contributed by atoms with van der Waals surface area (Å²) in [6.45, 7) is 1.78. The maximum atomic E-state index is 13.4. The molecule has 36 heavy (non-hydrogen) atoms. The third kappa shape index (κ3) is 4.54. The SMILES string of the molecule is COc1c(Cl)cc(Cl)cc1/C(O)=C1\C(=O)C(=O)N(c2cccc(C(F)(F)F)c2)C1c1cccc(C)c1. The highest BCUT2D eigenvalue weighted by Gasteiger charge is 2.47. The van der Waals surface area contributed by atoms with Gasteiger partial charge in [-0.2, -0.15) is 13.2 Å². The summed E-state index contributed by atoms with van der Waals surface area (Å²) in [5.41, 5.74) is -0.373. The predicted octanol–water partition coefficient (Wildman–Crippen LogP) is 6.96. The minimum Gasteiger partial charge on any atom is -0.507 e. The molecule has 3 aromatic carbocycles. The van der Waals surface area contributed by atoms with Gasteiger partial charge in [-0.25, -0.2) is 0 Å². The largest absolute Gasteiger partial charge is 0.507 e. The van der Waals surface area contributed by atoms with Crippen molar-refractivity contribution in [2.24, 2.45) is 0 Å². The Labute approximate surface area is 214 Å². The topological polar surface area (TPSA) is 66.8 Å². The first-order valence-corrected chi connectivity index (χ1v) is 11.3. The van der Waals surface area contributed by atoms with Crippen LogP contribution in [0.25, 0.3) is 5.76 Å². The molecule has 4 rings (SSSR count). The summed E-state index contributed by atoms with van der Waals surface area (Å²) in [7, 11) is 1.30. The second-order valence-corrected chi connectivity index (χ2v) is 8.94. The number of benzene rings is 3. The van der Waals surface area contributed by atoms with Crippen molar-refractivity contribution in [2.45, 2.75) is 19.1 Å². The third-order valence-electron chi connectivity index (χ3n) is 5.72. The van der Waals surface area contributed by atoms with Crippen LogP contribution in [0.15, 0.2) is 66.2 Å².